The standard InChI is InChI=1S/C117H131N3/c1-9-15-21-25-27-34-80-117(81-35-28-26-22-16-10-2)111-78-77-107-110-83-98(90-38-32-29-33-39-90)63-79-113(110)120(116(107)115(111)108-76-44-87(8)82-112(108)117)114-85-99(40-30-23-17-11-3)109(84-100(114)41-31-24-18-12-4)97-61-74-106(75-62-97)119(104-68-55-94(56-69-104)92-51-47-89(48-52-92)37-20-14-6)105-72-59-96(60-73-105)95-57-70-103(71-58-95)118(101-64-42-86(7)43-65-101)102-66-53-93(54-67-102)91-49-45-88(46-50-91)36-19-13-5/h29,32-33,38-39,42-79,82-85H,9-28,30-31,34-37,40-41,80-81H2,1-8H3. The van der Waals surface area contributed by atoms with Crippen LogP contribution in [-0.4, -0.2) is 4.57 Å². The highest BCUT2D eigenvalue weighted by Gasteiger charge is 2.44. The van der Waals surface area contributed by atoms with Gasteiger partial charge in [0.25, 0.3) is 0 Å². The summed E-state index contributed by atoms with van der Waals surface area (Å²) in [5.74, 6) is 0. The number of hydrogen-bond donors (Lipinski definition) is 0. The average Bonchev–Trinajstić information content (AvgIpc) is 1.53. The first-order valence-electron chi connectivity index (χ1n) is 46.9. The Balaban J connectivity index is 0.830. The molecule has 0 atom stereocenters. The Labute approximate surface area is 721 Å². The quantitative estimate of drug-likeness (QED) is 0.0353. The molecule has 13 aromatic carbocycles. The van der Waals surface area contributed by atoms with E-state index < -0.39 is 0 Å². The summed E-state index contributed by atoms with van der Waals surface area (Å²) in [6.45, 7) is 18.5. The molecule has 0 bridgehead atoms. The van der Waals surface area contributed by atoms with Crippen LogP contribution in [-0.2, 0) is 31.1 Å². The fraction of sp³-hybridized carbons (Fsp3) is 0.333. The SMILES string of the molecule is CCCCCCCCC1(CCCCCCCC)c2cc(C)ccc2-c2c1ccc1c3cc(-c4ccccc4)ccc3n(-c3cc(CCCCCC)c(-c4ccc(N(c5ccc(-c6ccc(CCCC)cc6)cc5)c5ccc(-c6ccc(N(c7ccc(C)cc7)c7ccc(-c8ccc(CCCC)cc8)cc7)cc6)cc5)cc4)cc3CCCCCC)c21. The summed E-state index contributed by atoms with van der Waals surface area (Å²) in [5, 5.41) is 2.70. The first kappa shape index (κ1) is 84.3. The molecule has 15 rings (SSSR count). The van der Waals surface area contributed by atoms with Gasteiger partial charge in [0.15, 0.2) is 0 Å². The number of nitrogens with zero attached hydrogens (tertiary/aromatic N) is 3. The maximum atomic E-state index is 2.83. The summed E-state index contributed by atoms with van der Waals surface area (Å²) in [6.07, 6.45) is 36.7. The van der Waals surface area contributed by atoms with Crippen LogP contribution in [0.4, 0.5) is 34.1 Å². The van der Waals surface area contributed by atoms with Gasteiger partial charge in [0.1, 0.15) is 0 Å². The van der Waals surface area contributed by atoms with Gasteiger partial charge in [0, 0.05) is 61.6 Å². The molecule has 0 amide bonds. The summed E-state index contributed by atoms with van der Waals surface area (Å²) >= 11 is 0. The minimum Gasteiger partial charge on any atom is -0.311 e. The van der Waals surface area contributed by atoms with Crippen molar-refractivity contribution < 1.29 is 0 Å². The van der Waals surface area contributed by atoms with Crippen molar-refractivity contribution in [2.45, 2.75) is 253 Å². The monoisotopic (exact) mass is 1580 g/mol. The van der Waals surface area contributed by atoms with Crippen LogP contribution in [0, 0.1) is 13.8 Å². The van der Waals surface area contributed by atoms with E-state index in [-0.39, 0.29) is 5.41 Å². The second-order valence-electron chi connectivity index (χ2n) is 35.1. The molecule has 0 saturated carbocycles. The second kappa shape index (κ2) is 41.0. The van der Waals surface area contributed by atoms with Crippen LogP contribution in [0.15, 0.2) is 285 Å². The number of benzene rings is 13. The van der Waals surface area contributed by atoms with E-state index in [1.165, 1.54) is 282 Å². The summed E-state index contributed by atoms with van der Waals surface area (Å²) in [5.41, 5.74) is 37.6. The van der Waals surface area contributed by atoms with Crippen molar-refractivity contribution in [1.82, 2.24) is 4.57 Å². The topological polar surface area (TPSA) is 11.4 Å². The third kappa shape index (κ3) is 19.3. The van der Waals surface area contributed by atoms with E-state index in [2.05, 4.69) is 355 Å². The maximum absolute atomic E-state index is 2.83. The van der Waals surface area contributed by atoms with Gasteiger partial charge in [-0.3, -0.25) is 0 Å². The van der Waals surface area contributed by atoms with Crippen molar-refractivity contribution in [3.63, 3.8) is 0 Å². The smallest absolute Gasteiger partial charge is 0.0622 e. The second-order valence-corrected chi connectivity index (χ2v) is 35.1. The molecule has 1 aliphatic carbocycles. The zero-order valence-corrected chi connectivity index (χ0v) is 73.7. The normalized spacial score (nSPS) is 12.2. The highest BCUT2D eigenvalue weighted by Crippen LogP contribution is 2.58. The highest BCUT2D eigenvalue weighted by molar-refractivity contribution is 6.16. The number of anilines is 6. The fourth-order valence-electron chi connectivity index (χ4n) is 19.5. The van der Waals surface area contributed by atoms with Crippen molar-refractivity contribution in [1.29, 1.82) is 0 Å². The van der Waals surface area contributed by atoms with E-state index >= 15 is 0 Å². The molecule has 0 aliphatic heterocycles. The average molecular weight is 1580 g/mol. The van der Waals surface area contributed by atoms with E-state index in [0.29, 0.717) is 0 Å². The van der Waals surface area contributed by atoms with Gasteiger partial charge >= 0.3 is 0 Å². The van der Waals surface area contributed by atoms with Gasteiger partial charge in [-0.05, 0) is 270 Å². The van der Waals surface area contributed by atoms with Crippen molar-refractivity contribution in [3.8, 4) is 72.4 Å². The lowest BCUT2D eigenvalue weighted by molar-refractivity contribution is 0.398. The van der Waals surface area contributed by atoms with Crippen LogP contribution in [0.3, 0.4) is 0 Å². The highest BCUT2D eigenvalue weighted by atomic mass is 15.1. The molecule has 0 saturated heterocycles. The summed E-state index contributed by atoms with van der Waals surface area (Å²) < 4.78 is 2.83. The molecule has 614 valence electrons. The molecular formula is C117H131N3. The van der Waals surface area contributed by atoms with Crippen LogP contribution in [0.1, 0.15) is 253 Å². The van der Waals surface area contributed by atoms with Crippen molar-refractivity contribution in [2.24, 2.45) is 0 Å². The van der Waals surface area contributed by atoms with Crippen molar-refractivity contribution >= 4 is 55.9 Å². The number of aromatic nitrogens is 1. The van der Waals surface area contributed by atoms with Gasteiger partial charge < -0.3 is 14.4 Å². The maximum Gasteiger partial charge on any atom is 0.0622 e. The third-order valence-electron chi connectivity index (χ3n) is 26.3. The van der Waals surface area contributed by atoms with Gasteiger partial charge in [-0.2, -0.15) is 0 Å². The summed E-state index contributed by atoms with van der Waals surface area (Å²) in [4.78, 5) is 4.85. The molecule has 0 fully saturated rings. The van der Waals surface area contributed by atoms with Crippen LogP contribution < -0.4 is 9.80 Å². The van der Waals surface area contributed by atoms with E-state index in [1.807, 2.05) is 0 Å². The Bertz CT molecular complexity index is 5570. The van der Waals surface area contributed by atoms with E-state index in [1.54, 1.807) is 11.1 Å². The van der Waals surface area contributed by atoms with E-state index in [4.69, 9.17) is 0 Å². The van der Waals surface area contributed by atoms with Gasteiger partial charge in [-0.1, -0.05) is 369 Å². The molecule has 120 heavy (non-hydrogen) atoms. The number of hydrogen-bond acceptors (Lipinski definition) is 2. The van der Waals surface area contributed by atoms with Gasteiger partial charge in [0.2, 0.25) is 0 Å². The molecule has 0 unspecified atom stereocenters. The predicted octanol–water partition coefficient (Wildman–Crippen LogP) is 35.4. The molecule has 1 heterocycles. The number of fused-ring (bicyclic) bond motifs is 7. The third-order valence-corrected chi connectivity index (χ3v) is 26.3. The molecular weight excluding hydrogens is 1450 g/mol. The van der Waals surface area contributed by atoms with Gasteiger partial charge in [-0.15, -0.1) is 0 Å². The number of rotatable bonds is 42. The molecule has 0 spiro atoms. The fourth-order valence-corrected chi connectivity index (χ4v) is 19.5. The summed E-state index contributed by atoms with van der Waals surface area (Å²) in [6, 6.07) is 111. The molecule has 1 aliphatic rings. The van der Waals surface area contributed by atoms with Crippen LogP contribution in [0.2, 0.25) is 0 Å². The van der Waals surface area contributed by atoms with Gasteiger partial charge in [0.05, 0.1) is 11.0 Å². The van der Waals surface area contributed by atoms with Crippen LogP contribution in [0.5, 0.6) is 0 Å². The molecule has 0 N–H and O–H groups in total. The number of unbranched alkanes of at least 4 members (excludes halogenated alkanes) is 18. The molecule has 3 heteroatoms. The first-order valence-corrected chi connectivity index (χ1v) is 46.9. The Morgan fingerprint density at radius 1 is 0.258 bits per heavy atom. The Morgan fingerprint density at radius 3 is 1.10 bits per heavy atom. The van der Waals surface area contributed by atoms with Crippen molar-refractivity contribution in [2.75, 3.05) is 9.80 Å². The van der Waals surface area contributed by atoms with E-state index in [0.717, 1.165) is 72.6 Å². The summed E-state index contributed by atoms with van der Waals surface area (Å²) in [7, 11) is 0. The van der Waals surface area contributed by atoms with E-state index in [9.17, 15) is 0 Å². The van der Waals surface area contributed by atoms with Crippen LogP contribution in [0.25, 0.3) is 94.3 Å². The zero-order chi connectivity index (χ0) is 82.6. The zero-order valence-electron chi connectivity index (χ0n) is 73.7. The Morgan fingerprint density at radius 2 is 0.642 bits per heavy atom. The minimum absolute atomic E-state index is 0.0556. The van der Waals surface area contributed by atoms with Crippen LogP contribution >= 0.6 is 0 Å². The predicted molar refractivity (Wildman–Crippen MR) is 522 cm³/mol. The Hall–Kier alpha value is -10.7. The lowest BCUT2D eigenvalue weighted by Gasteiger charge is -2.33. The lowest BCUT2D eigenvalue weighted by Crippen LogP contribution is -2.25. The lowest BCUT2D eigenvalue weighted by atomic mass is 9.70. The molecule has 1 aromatic heterocycles. The molecule has 14 aromatic rings. The molecule has 0 radical (unpaired) electrons. The van der Waals surface area contributed by atoms with Crippen molar-refractivity contribution in [3.05, 3.63) is 330 Å². The first-order chi connectivity index (χ1) is 59.1. The largest absolute Gasteiger partial charge is 0.311 e. The minimum atomic E-state index is -0.0556. The Kier molecular flexibility index (Phi) is 28.8. The molecule has 3 nitrogen and oxygen atoms in total. The van der Waals surface area contributed by atoms with Gasteiger partial charge in [-0.25, -0.2) is 0 Å². The number of aryl methyl sites for hydroxylation is 6.